The topological polar surface area (TPSA) is 49.4 Å². The first kappa shape index (κ1) is 21.4. The molecule has 1 atom stereocenters. The van der Waals surface area contributed by atoms with Crippen LogP contribution in [0.4, 0.5) is 13.2 Å². The molecule has 2 aromatic rings. The van der Waals surface area contributed by atoms with Crippen molar-refractivity contribution in [2.45, 2.75) is 56.9 Å². The van der Waals surface area contributed by atoms with Crippen LogP contribution in [0, 0.1) is 0 Å². The van der Waals surface area contributed by atoms with E-state index < -0.39 is 24.0 Å². The van der Waals surface area contributed by atoms with Crippen LogP contribution >= 0.6 is 11.3 Å². The molecule has 1 N–H and O–H groups in total. The fourth-order valence-electron chi connectivity index (χ4n) is 3.62. The molecule has 1 saturated carbocycles. The number of nitrogens with one attached hydrogen (secondary N) is 1. The van der Waals surface area contributed by atoms with Crippen molar-refractivity contribution in [2.75, 3.05) is 0 Å². The van der Waals surface area contributed by atoms with E-state index in [0.29, 0.717) is 15.3 Å². The Morgan fingerprint density at radius 3 is 2.34 bits per heavy atom. The molecule has 0 radical (unpaired) electrons. The van der Waals surface area contributed by atoms with Gasteiger partial charge in [0.1, 0.15) is 6.04 Å². The van der Waals surface area contributed by atoms with E-state index in [1.54, 1.807) is 47.8 Å². The second kappa shape index (κ2) is 9.43. The number of halogens is 3. The minimum Gasteiger partial charge on any atom is -0.351 e. The van der Waals surface area contributed by atoms with Crippen molar-refractivity contribution < 1.29 is 22.8 Å². The summed E-state index contributed by atoms with van der Waals surface area (Å²) in [4.78, 5) is 26.5. The molecule has 8 heteroatoms. The van der Waals surface area contributed by atoms with E-state index >= 15 is 0 Å². The maximum Gasteiger partial charge on any atom is 0.471 e. The van der Waals surface area contributed by atoms with Gasteiger partial charge in [0.15, 0.2) is 0 Å². The monoisotopic (exact) mass is 424 g/mol. The minimum atomic E-state index is -5.07. The third kappa shape index (κ3) is 5.59. The van der Waals surface area contributed by atoms with E-state index in [4.69, 9.17) is 0 Å². The van der Waals surface area contributed by atoms with Crippen molar-refractivity contribution in [3.8, 4) is 0 Å². The minimum absolute atomic E-state index is 0.0710. The van der Waals surface area contributed by atoms with Crippen LogP contribution < -0.4 is 5.32 Å². The van der Waals surface area contributed by atoms with Crippen LogP contribution in [0.2, 0.25) is 0 Å². The van der Waals surface area contributed by atoms with Crippen molar-refractivity contribution >= 4 is 23.2 Å². The van der Waals surface area contributed by atoms with Crippen LogP contribution in [-0.4, -0.2) is 28.9 Å². The quantitative estimate of drug-likeness (QED) is 0.722. The molecule has 3 rings (SSSR count). The third-order valence-corrected chi connectivity index (χ3v) is 5.95. The Labute approximate surface area is 171 Å². The van der Waals surface area contributed by atoms with E-state index in [1.807, 2.05) is 0 Å². The van der Waals surface area contributed by atoms with Crippen LogP contribution in [0.5, 0.6) is 0 Å². The Kier molecular flexibility index (Phi) is 6.95. The van der Waals surface area contributed by atoms with Crippen LogP contribution in [0.15, 0.2) is 47.8 Å². The first-order valence-electron chi connectivity index (χ1n) is 9.62. The average molecular weight is 424 g/mol. The molecule has 1 aliphatic carbocycles. The second-order valence-electron chi connectivity index (χ2n) is 7.18. The van der Waals surface area contributed by atoms with Gasteiger partial charge in [-0.25, -0.2) is 0 Å². The van der Waals surface area contributed by atoms with Gasteiger partial charge in [-0.15, -0.1) is 11.3 Å². The highest BCUT2D eigenvalue weighted by Crippen LogP contribution is 2.32. The zero-order valence-electron chi connectivity index (χ0n) is 15.8. The SMILES string of the molecule is O=C(NC1CCCCC1)C(c1cccs1)N(Cc1ccccc1)C(=O)C(F)(F)F. The zero-order valence-corrected chi connectivity index (χ0v) is 16.6. The summed E-state index contributed by atoms with van der Waals surface area (Å²) in [5.41, 5.74) is 0.525. The standard InChI is InChI=1S/C21H23F3N2O2S/c22-21(23,24)20(28)26(14-15-8-3-1-4-9-15)18(17-12-7-13-29-17)19(27)25-16-10-5-2-6-11-16/h1,3-4,7-9,12-13,16,18H,2,5-6,10-11,14H2,(H,25,27). The summed E-state index contributed by atoms with van der Waals surface area (Å²) < 4.78 is 40.2. The van der Waals surface area contributed by atoms with Gasteiger partial charge in [-0.05, 0) is 29.9 Å². The van der Waals surface area contributed by atoms with Crippen molar-refractivity contribution in [3.05, 3.63) is 58.3 Å². The van der Waals surface area contributed by atoms with E-state index in [2.05, 4.69) is 5.32 Å². The van der Waals surface area contributed by atoms with Crippen LogP contribution in [0.3, 0.4) is 0 Å². The molecule has 156 valence electrons. The lowest BCUT2D eigenvalue weighted by atomic mass is 9.95. The molecule has 0 bridgehead atoms. The molecule has 29 heavy (non-hydrogen) atoms. The van der Waals surface area contributed by atoms with Crippen molar-refractivity contribution in [1.82, 2.24) is 10.2 Å². The number of hydrogen-bond acceptors (Lipinski definition) is 3. The lowest BCUT2D eigenvalue weighted by Gasteiger charge is -2.33. The summed E-state index contributed by atoms with van der Waals surface area (Å²) in [6.07, 6.45) is -0.430. The van der Waals surface area contributed by atoms with Crippen molar-refractivity contribution in [2.24, 2.45) is 0 Å². The molecule has 2 amide bonds. The number of benzene rings is 1. The predicted molar refractivity (Wildman–Crippen MR) is 105 cm³/mol. The van der Waals surface area contributed by atoms with Crippen LogP contribution in [-0.2, 0) is 16.1 Å². The Morgan fingerprint density at radius 2 is 1.76 bits per heavy atom. The second-order valence-corrected chi connectivity index (χ2v) is 8.16. The molecule has 1 unspecified atom stereocenters. The summed E-state index contributed by atoms with van der Waals surface area (Å²) in [5.74, 6) is -2.58. The number of alkyl halides is 3. The largest absolute Gasteiger partial charge is 0.471 e. The molecule has 1 fully saturated rings. The van der Waals surface area contributed by atoms with Gasteiger partial charge in [0, 0.05) is 17.5 Å². The average Bonchev–Trinajstić information content (AvgIpc) is 3.22. The fourth-order valence-corrected chi connectivity index (χ4v) is 4.46. The van der Waals surface area contributed by atoms with Crippen LogP contribution in [0.1, 0.15) is 48.6 Å². The highest BCUT2D eigenvalue weighted by molar-refractivity contribution is 7.10. The number of amides is 2. The first-order valence-corrected chi connectivity index (χ1v) is 10.5. The summed E-state index contributed by atoms with van der Waals surface area (Å²) in [6.45, 7) is -0.306. The molecule has 1 aromatic carbocycles. The molecule has 4 nitrogen and oxygen atoms in total. The maximum absolute atomic E-state index is 13.4. The molecule has 0 aliphatic heterocycles. The van der Waals surface area contributed by atoms with Gasteiger partial charge in [-0.3, -0.25) is 9.59 Å². The van der Waals surface area contributed by atoms with E-state index in [0.717, 1.165) is 32.1 Å². The lowest BCUT2D eigenvalue weighted by molar-refractivity contribution is -0.189. The van der Waals surface area contributed by atoms with E-state index in [-0.39, 0.29) is 12.6 Å². The first-order chi connectivity index (χ1) is 13.9. The Morgan fingerprint density at radius 1 is 1.07 bits per heavy atom. The Hall–Kier alpha value is -2.35. The highest BCUT2D eigenvalue weighted by Gasteiger charge is 2.47. The van der Waals surface area contributed by atoms with Gasteiger partial charge in [0.05, 0.1) is 0 Å². The molecular formula is C21H23F3N2O2S. The predicted octanol–water partition coefficient (Wildman–Crippen LogP) is 4.83. The smallest absolute Gasteiger partial charge is 0.351 e. The summed E-state index contributed by atoms with van der Waals surface area (Å²) >= 11 is 1.17. The molecular weight excluding hydrogens is 401 g/mol. The molecule has 1 heterocycles. The fraction of sp³-hybridized carbons (Fsp3) is 0.429. The highest BCUT2D eigenvalue weighted by atomic mass is 32.1. The number of nitrogens with zero attached hydrogens (tertiary/aromatic N) is 1. The van der Waals surface area contributed by atoms with Gasteiger partial charge in [-0.2, -0.15) is 13.2 Å². The van der Waals surface area contributed by atoms with Crippen molar-refractivity contribution in [3.63, 3.8) is 0 Å². The van der Waals surface area contributed by atoms with Gasteiger partial charge in [0.25, 0.3) is 0 Å². The van der Waals surface area contributed by atoms with Gasteiger partial charge >= 0.3 is 12.1 Å². The van der Waals surface area contributed by atoms with E-state index in [1.165, 1.54) is 11.3 Å². The number of rotatable bonds is 6. The van der Waals surface area contributed by atoms with Gasteiger partial charge in [0.2, 0.25) is 5.91 Å². The zero-order chi connectivity index (χ0) is 20.9. The molecule has 1 aliphatic rings. The number of carbonyl (C=O) groups is 2. The normalized spacial score (nSPS) is 16.2. The molecule has 0 spiro atoms. The maximum atomic E-state index is 13.4. The number of carbonyl (C=O) groups excluding carboxylic acids is 2. The summed E-state index contributed by atoms with van der Waals surface area (Å²) in [5, 5.41) is 4.58. The van der Waals surface area contributed by atoms with E-state index in [9.17, 15) is 22.8 Å². The summed E-state index contributed by atoms with van der Waals surface area (Å²) in [6, 6.07) is 10.3. The number of thiophene rings is 1. The van der Waals surface area contributed by atoms with Crippen molar-refractivity contribution in [1.29, 1.82) is 0 Å². The van der Waals surface area contributed by atoms with Crippen LogP contribution in [0.25, 0.3) is 0 Å². The summed E-state index contributed by atoms with van der Waals surface area (Å²) in [7, 11) is 0. The molecule has 0 saturated heterocycles. The van der Waals surface area contributed by atoms with Gasteiger partial charge in [-0.1, -0.05) is 55.7 Å². The lowest BCUT2D eigenvalue weighted by Crippen LogP contribution is -2.49. The third-order valence-electron chi connectivity index (χ3n) is 5.02. The molecule has 1 aromatic heterocycles. The Balaban J connectivity index is 1.93. The Bertz CT molecular complexity index is 803. The number of hydrogen-bond donors (Lipinski definition) is 1. The van der Waals surface area contributed by atoms with Gasteiger partial charge < -0.3 is 10.2 Å².